The molecule has 0 fully saturated rings. The molecular weight excluding hydrogens is 260 g/mol. The predicted octanol–water partition coefficient (Wildman–Crippen LogP) is 2.28. The molecule has 2 aromatic rings. The maximum Gasteiger partial charge on any atom is 0.277 e. The summed E-state index contributed by atoms with van der Waals surface area (Å²) in [5, 5.41) is 6.29. The van der Waals surface area contributed by atoms with Crippen LogP contribution in [0, 0.1) is 0 Å². The molecule has 6 nitrogen and oxygen atoms in total. The lowest BCUT2D eigenvalue weighted by Crippen LogP contribution is -2.14. The van der Waals surface area contributed by atoms with Gasteiger partial charge in [0, 0.05) is 18.7 Å². The van der Waals surface area contributed by atoms with Gasteiger partial charge in [-0.3, -0.25) is 9.59 Å². The molecule has 0 saturated heterocycles. The summed E-state index contributed by atoms with van der Waals surface area (Å²) in [6.45, 7) is 1.68. The van der Waals surface area contributed by atoms with Crippen LogP contribution in [-0.4, -0.2) is 24.0 Å². The Labute approximate surface area is 115 Å². The van der Waals surface area contributed by atoms with E-state index in [0.717, 1.165) is 0 Å². The van der Waals surface area contributed by atoms with Crippen LogP contribution in [0.3, 0.4) is 0 Å². The quantitative estimate of drug-likeness (QED) is 0.846. The molecule has 0 aliphatic heterocycles. The zero-order valence-electron chi connectivity index (χ0n) is 11.2. The van der Waals surface area contributed by atoms with Crippen LogP contribution < -0.4 is 5.32 Å². The number of rotatable bonds is 5. The van der Waals surface area contributed by atoms with Crippen LogP contribution in [0.4, 0.5) is 5.69 Å². The van der Waals surface area contributed by atoms with E-state index < -0.39 is 5.91 Å². The molecule has 0 spiro atoms. The van der Waals surface area contributed by atoms with Gasteiger partial charge in [0.2, 0.25) is 0 Å². The first-order valence-electron chi connectivity index (χ1n) is 5.97. The minimum absolute atomic E-state index is 0.124. The van der Waals surface area contributed by atoms with Gasteiger partial charge in [-0.15, -0.1) is 0 Å². The van der Waals surface area contributed by atoms with E-state index in [1.807, 2.05) is 0 Å². The van der Waals surface area contributed by atoms with Crippen molar-refractivity contribution in [3.05, 3.63) is 47.3 Å². The molecule has 20 heavy (non-hydrogen) atoms. The Bertz CT molecular complexity index is 634. The Morgan fingerprint density at radius 1 is 1.35 bits per heavy atom. The van der Waals surface area contributed by atoms with Crippen LogP contribution >= 0.6 is 0 Å². The number of nitrogens with one attached hydrogen (secondary N) is 1. The third kappa shape index (κ3) is 3.10. The van der Waals surface area contributed by atoms with Crippen molar-refractivity contribution < 1.29 is 18.8 Å². The summed E-state index contributed by atoms with van der Waals surface area (Å²) in [5.41, 5.74) is 1.03. The van der Waals surface area contributed by atoms with Gasteiger partial charge in [-0.05, 0) is 19.1 Å². The van der Waals surface area contributed by atoms with Crippen molar-refractivity contribution in [2.24, 2.45) is 0 Å². The number of Topliss-reactive ketones (excluding diaryl/α,β-unsaturated/α-hetero) is 1. The van der Waals surface area contributed by atoms with Crippen LogP contribution in [0.25, 0.3) is 0 Å². The molecule has 0 radical (unpaired) electrons. The largest absolute Gasteiger partial charge is 0.377 e. The topological polar surface area (TPSA) is 81.4 Å². The second-order valence-electron chi connectivity index (χ2n) is 4.17. The van der Waals surface area contributed by atoms with Crippen molar-refractivity contribution >= 4 is 17.4 Å². The van der Waals surface area contributed by atoms with Crippen molar-refractivity contribution in [2.45, 2.75) is 13.5 Å². The van der Waals surface area contributed by atoms with Gasteiger partial charge in [0.15, 0.2) is 17.2 Å². The van der Waals surface area contributed by atoms with Crippen molar-refractivity contribution in [3.8, 4) is 0 Å². The van der Waals surface area contributed by atoms with Gasteiger partial charge < -0.3 is 14.6 Å². The lowest BCUT2D eigenvalue weighted by atomic mass is 10.1. The molecule has 0 bridgehead atoms. The zero-order valence-corrected chi connectivity index (χ0v) is 11.2. The number of carbonyl (C=O) groups excluding carboxylic acids is 2. The number of amides is 1. The van der Waals surface area contributed by atoms with Crippen molar-refractivity contribution in [1.29, 1.82) is 0 Å². The van der Waals surface area contributed by atoms with Gasteiger partial charge in [0.25, 0.3) is 5.91 Å². The summed E-state index contributed by atoms with van der Waals surface area (Å²) in [5.74, 6) is -0.108. The fourth-order valence-electron chi connectivity index (χ4n) is 1.72. The van der Waals surface area contributed by atoms with Gasteiger partial charge in [0.1, 0.15) is 6.61 Å². The summed E-state index contributed by atoms with van der Waals surface area (Å²) in [6.07, 6.45) is 0. The maximum absolute atomic E-state index is 12.0. The molecule has 6 heteroatoms. The number of hydrogen-bond donors (Lipinski definition) is 1. The highest BCUT2D eigenvalue weighted by Gasteiger charge is 2.15. The maximum atomic E-state index is 12.0. The van der Waals surface area contributed by atoms with Crippen molar-refractivity contribution in [2.75, 3.05) is 12.4 Å². The van der Waals surface area contributed by atoms with Crippen molar-refractivity contribution in [1.82, 2.24) is 5.16 Å². The fourth-order valence-corrected chi connectivity index (χ4v) is 1.72. The summed E-state index contributed by atoms with van der Waals surface area (Å²) < 4.78 is 9.82. The van der Waals surface area contributed by atoms with Gasteiger partial charge >= 0.3 is 0 Å². The number of ketones is 1. The lowest BCUT2D eigenvalue weighted by Gasteiger charge is -2.06. The summed E-state index contributed by atoms with van der Waals surface area (Å²) in [7, 11) is 1.52. The Balaban J connectivity index is 2.17. The standard InChI is InChI=1S/C14H14N2O4/c1-9(17)11-5-3-4-6-12(11)15-14(18)13-7-10(8-19-2)20-16-13/h3-7H,8H2,1-2H3,(H,15,18). The number of ether oxygens (including phenoxy) is 1. The van der Waals surface area contributed by atoms with Gasteiger partial charge in [0.05, 0.1) is 5.69 Å². The second kappa shape index (κ2) is 6.12. The normalized spacial score (nSPS) is 10.3. The summed E-state index contributed by atoms with van der Waals surface area (Å²) in [4.78, 5) is 23.5. The number of nitrogens with zero attached hydrogens (tertiary/aromatic N) is 1. The molecule has 104 valence electrons. The molecule has 1 amide bonds. The highest BCUT2D eigenvalue weighted by atomic mass is 16.5. The third-order valence-electron chi connectivity index (χ3n) is 2.63. The zero-order chi connectivity index (χ0) is 14.5. The first-order valence-corrected chi connectivity index (χ1v) is 5.97. The van der Waals surface area contributed by atoms with Gasteiger partial charge in [-0.25, -0.2) is 0 Å². The van der Waals surface area contributed by atoms with E-state index in [-0.39, 0.29) is 18.1 Å². The van der Waals surface area contributed by atoms with E-state index in [0.29, 0.717) is 17.0 Å². The minimum Gasteiger partial charge on any atom is -0.377 e. The Kier molecular flexibility index (Phi) is 4.27. The van der Waals surface area contributed by atoms with E-state index in [9.17, 15) is 9.59 Å². The van der Waals surface area contributed by atoms with Gasteiger partial charge in [-0.2, -0.15) is 0 Å². The average Bonchev–Trinajstić information content (AvgIpc) is 2.88. The van der Waals surface area contributed by atoms with Crippen LogP contribution in [0.1, 0.15) is 33.5 Å². The molecule has 0 aliphatic rings. The fraction of sp³-hybridized carbons (Fsp3) is 0.214. The summed E-state index contributed by atoms with van der Waals surface area (Å²) in [6, 6.07) is 8.28. The highest BCUT2D eigenvalue weighted by Crippen LogP contribution is 2.17. The molecule has 1 aromatic carbocycles. The minimum atomic E-state index is -0.440. The smallest absolute Gasteiger partial charge is 0.277 e. The second-order valence-corrected chi connectivity index (χ2v) is 4.17. The predicted molar refractivity (Wildman–Crippen MR) is 71.6 cm³/mol. The number of para-hydroxylation sites is 1. The molecule has 1 heterocycles. The van der Waals surface area contributed by atoms with Crippen LogP contribution in [0.15, 0.2) is 34.9 Å². The molecule has 1 aromatic heterocycles. The van der Waals surface area contributed by atoms with E-state index >= 15 is 0 Å². The van der Waals surface area contributed by atoms with E-state index in [1.54, 1.807) is 24.3 Å². The highest BCUT2D eigenvalue weighted by molar-refractivity contribution is 6.08. The molecule has 1 N–H and O–H groups in total. The molecule has 2 rings (SSSR count). The molecule has 0 aliphatic carbocycles. The monoisotopic (exact) mass is 274 g/mol. The molecule has 0 atom stereocenters. The van der Waals surface area contributed by atoms with Crippen LogP contribution in [0.2, 0.25) is 0 Å². The molecule has 0 saturated carbocycles. The number of benzene rings is 1. The Hall–Kier alpha value is -2.47. The van der Waals surface area contributed by atoms with E-state index in [4.69, 9.17) is 9.26 Å². The SMILES string of the molecule is COCc1cc(C(=O)Nc2ccccc2C(C)=O)no1. The number of methoxy groups -OCH3 is 1. The average molecular weight is 274 g/mol. The Morgan fingerprint density at radius 3 is 2.80 bits per heavy atom. The van der Waals surface area contributed by atoms with Crippen LogP contribution in [0.5, 0.6) is 0 Å². The number of carbonyl (C=O) groups is 2. The van der Waals surface area contributed by atoms with E-state index in [1.165, 1.54) is 20.1 Å². The first kappa shape index (κ1) is 14.0. The van der Waals surface area contributed by atoms with Crippen LogP contribution in [-0.2, 0) is 11.3 Å². The lowest BCUT2D eigenvalue weighted by molar-refractivity contribution is 0.101. The molecular formula is C14H14N2O4. The number of aromatic nitrogens is 1. The first-order chi connectivity index (χ1) is 9.61. The summed E-state index contributed by atoms with van der Waals surface area (Å²) >= 11 is 0. The third-order valence-corrected chi connectivity index (χ3v) is 2.63. The van der Waals surface area contributed by atoms with Crippen molar-refractivity contribution in [3.63, 3.8) is 0 Å². The number of hydrogen-bond acceptors (Lipinski definition) is 5. The number of anilines is 1. The molecule has 0 unspecified atom stereocenters. The Morgan fingerprint density at radius 2 is 2.10 bits per heavy atom. The van der Waals surface area contributed by atoms with E-state index in [2.05, 4.69) is 10.5 Å². The van der Waals surface area contributed by atoms with Gasteiger partial charge in [-0.1, -0.05) is 17.3 Å².